The first-order valence-corrected chi connectivity index (χ1v) is 11.3. The third-order valence-electron chi connectivity index (χ3n) is 6.36. The molecule has 0 radical (unpaired) electrons. The third kappa shape index (κ3) is 4.08. The van der Waals surface area contributed by atoms with Crippen molar-refractivity contribution in [3.63, 3.8) is 0 Å². The van der Waals surface area contributed by atoms with Crippen LogP contribution in [-0.4, -0.2) is 43.2 Å². The summed E-state index contributed by atoms with van der Waals surface area (Å²) in [4.78, 5) is 18.8. The van der Waals surface area contributed by atoms with Crippen molar-refractivity contribution in [3.05, 3.63) is 87.5 Å². The van der Waals surface area contributed by atoms with Gasteiger partial charge < -0.3 is 4.98 Å². The van der Waals surface area contributed by atoms with Crippen LogP contribution in [0.5, 0.6) is 0 Å². The largest absolute Gasteiger partial charge is 0.322 e. The number of rotatable bonds is 5. The summed E-state index contributed by atoms with van der Waals surface area (Å²) in [5.74, 6) is 1.27. The summed E-state index contributed by atoms with van der Waals surface area (Å²) in [6, 6.07) is 18.0. The Hall–Kier alpha value is -3.32. The number of hydrogen-bond donors (Lipinski definition) is 1. The average Bonchev–Trinajstić information content (AvgIpc) is 3.23. The third-order valence-corrected chi connectivity index (χ3v) is 6.36. The van der Waals surface area contributed by atoms with E-state index in [1.165, 1.54) is 6.42 Å². The second-order valence-corrected chi connectivity index (χ2v) is 8.97. The van der Waals surface area contributed by atoms with Crippen LogP contribution in [0.25, 0.3) is 10.9 Å². The first kappa shape index (κ1) is 20.6. The van der Waals surface area contributed by atoms with Crippen LogP contribution in [0.4, 0.5) is 0 Å². The molecule has 164 valence electrons. The summed E-state index contributed by atoms with van der Waals surface area (Å²) < 4.78 is 1.83. The zero-order valence-electron chi connectivity index (χ0n) is 18.5. The predicted octanol–water partition coefficient (Wildman–Crippen LogP) is 3.69. The maximum atomic E-state index is 13.3. The molecule has 7 nitrogen and oxygen atoms in total. The molecule has 2 atom stereocenters. The molecule has 5 rings (SSSR count). The molecule has 32 heavy (non-hydrogen) atoms. The Morgan fingerprint density at radius 2 is 2.00 bits per heavy atom. The van der Waals surface area contributed by atoms with Crippen molar-refractivity contribution in [2.24, 2.45) is 5.92 Å². The van der Waals surface area contributed by atoms with Gasteiger partial charge in [-0.15, -0.1) is 5.10 Å². The minimum atomic E-state index is -0.300. The lowest BCUT2D eigenvalue weighted by atomic mass is 9.95. The van der Waals surface area contributed by atoms with Crippen LogP contribution < -0.4 is 5.56 Å². The van der Waals surface area contributed by atoms with Gasteiger partial charge in [0.25, 0.3) is 5.56 Å². The van der Waals surface area contributed by atoms with Crippen molar-refractivity contribution in [2.45, 2.75) is 39.3 Å². The Labute approximate surface area is 187 Å². The highest BCUT2D eigenvalue weighted by atomic mass is 16.1. The van der Waals surface area contributed by atoms with E-state index in [9.17, 15) is 4.79 Å². The van der Waals surface area contributed by atoms with Crippen molar-refractivity contribution in [2.75, 3.05) is 13.1 Å². The van der Waals surface area contributed by atoms with Crippen LogP contribution in [0.1, 0.15) is 48.3 Å². The highest BCUT2D eigenvalue weighted by Gasteiger charge is 2.32. The Morgan fingerprint density at radius 1 is 1.16 bits per heavy atom. The molecule has 2 aromatic heterocycles. The molecule has 0 unspecified atom stereocenters. The maximum absolute atomic E-state index is 13.3. The van der Waals surface area contributed by atoms with Gasteiger partial charge in [0.2, 0.25) is 0 Å². The van der Waals surface area contributed by atoms with Gasteiger partial charge in [0.05, 0.1) is 6.54 Å². The molecule has 1 saturated heterocycles. The predicted molar refractivity (Wildman–Crippen MR) is 124 cm³/mol. The van der Waals surface area contributed by atoms with E-state index in [1.807, 2.05) is 41.9 Å². The molecule has 3 heterocycles. The van der Waals surface area contributed by atoms with Gasteiger partial charge in [-0.2, -0.15) is 0 Å². The fraction of sp³-hybridized carbons (Fsp3) is 0.360. The lowest BCUT2D eigenvalue weighted by molar-refractivity contribution is 0.141. The van der Waals surface area contributed by atoms with E-state index in [-0.39, 0.29) is 11.6 Å². The average molecular weight is 429 g/mol. The quantitative estimate of drug-likeness (QED) is 0.524. The topological polar surface area (TPSA) is 79.7 Å². The Kier molecular flexibility index (Phi) is 5.57. The monoisotopic (exact) mass is 428 g/mol. The van der Waals surface area contributed by atoms with Crippen molar-refractivity contribution in [3.8, 4) is 0 Å². The number of hydrogen-bond acceptors (Lipinski definition) is 5. The highest BCUT2D eigenvalue weighted by molar-refractivity contribution is 5.79. The van der Waals surface area contributed by atoms with E-state index in [2.05, 4.69) is 56.6 Å². The van der Waals surface area contributed by atoms with Crippen LogP contribution in [0.3, 0.4) is 0 Å². The highest BCUT2D eigenvalue weighted by Crippen LogP contribution is 2.31. The number of pyridine rings is 1. The fourth-order valence-electron chi connectivity index (χ4n) is 4.77. The molecule has 1 aliphatic heterocycles. The normalized spacial score (nSPS) is 18.1. The number of tetrazole rings is 1. The van der Waals surface area contributed by atoms with E-state index >= 15 is 0 Å². The maximum Gasteiger partial charge on any atom is 0.253 e. The van der Waals surface area contributed by atoms with Gasteiger partial charge in [-0.3, -0.25) is 9.69 Å². The second kappa shape index (κ2) is 8.67. The number of fused-ring (bicyclic) bond motifs is 1. The van der Waals surface area contributed by atoms with Gasteiger partial charge in [0.1, 0.15) is 6.04 Å². The summed E-state index contributed by atoms with van der Waals surface area (Å²) in [5, 5.41) is 13.7. The summed E-state index contributed by atoms with van der Waals surface area (Å²) in [7, 11) is 0. The lowest BCUT2D eigenvalue weighted by Crippen LogP contribution is -2.41. The molecule has 0 amide bonds. The number of piperidine rings is 1. The fourth-order valence-corrected chi connectivity index (χ4v) is 4.77. The van der Waals surface area contributed by atoms with E-state index in [4.69, 9.17) is 0 Å². The van der Waals surface area contributed by atoms with E-state index in [0.29, 0.717) is 23.9 Å². The number of benzene rings is 2. The first-order valence-electron chi connectivity index (χ1n) is 11.3. The molecule has 1 aliphatic rings. The van der Waals surface area contributed by atoms with Gasteiger partial charge in [0.15, 0.2) is 5.82 Å². The minimum Gasteiger partial charge on any atom is -0.322 e. The van der Waals surface area contributed by atoms with Crippen molar-refractivity contribution in [1.82, 2.24) is 30.1 Å². The number of likely N-dealkylation sites (tertiary alicyclic amines) is 1. The van der Waals surface area contributed by atoms with Gasteiger partial charge >= 0.3 is 0 Å². The molecule has 4 aromatic rings. The molecule has 0 saturated carbocycles. The summed E-state index contributed by atoms with van der Waals surface area (Å²) in [6.45, 7) is 6.69. The van der Waals surface area contributed by atoms with Gasteiger partial charge in [-0.25, -0.2) is 4.68 Å². The minimum absolute atomic E-state index is 0.0828. The molecular formula is C25H28N6O. The van der Waals surface area contributed by atoms with Crippen LogP contribution in [0.2, 0.25) is 0 Å². The summed E-state index contributed by atoms with van der Waals surface area (Å²) >= 11 is 0. The van der Waals surface area contributed by atoms with Crippen molar-refractivity contribution < 1.29 is 0 Å². The number of nitrogens with zero attached hydrogens (tertiary/aromatic N) is 5. The first-order chi connectivity index (χ1) is 15.6. The van der Waals surface area contributed by atoms with E-state index in [0.717, 1.165) is 41.5 Å². The Balaban J connectivity index is 1.62. The second-order valence-electron chi connectivity index (χ2n) is 8.97. The van der Waals surface area contributed by atoms with E-state index < -0.39 is 0 Å². The number of aromatic nitrogens is 5. The summed E-state index contributed by atoms with van der Waals surface area (Å²) in [5.41, 5.74) is 3.71. The standard InChI is InChI=1S/C25H28N6O/c1-17-10-11-20-14-21(25(32)26-22(20)13-17)23(30-12-6-7-18(2)15-30)24-27-28-29-31(24)16-19-8-4-3-5-9-19/h3-5,8-11,13-14,18,23H,6-7,12,15-16H2,1-2H3,(H,26,32)/t18-,23-/m1/s1. The smallest absolute Gasteiger partial charge is 0.253 e. The Morgan fingerprint density at radius 3 is 2.81 bits per heavy atom. The van der Waals surface area contributed by atoms with Gasteiger partial charge in [-0.1, -0.05) is 49.4 Å². The molecule has 7 heteroatoms. The number of aromatic amines is 1. The Bertz CT molecular complexity index is 1280. The van der Waals surface area contributed by atoms with Crippen LogP contribution in [0.15, 0.2) is 59.4 Å². The zero-order chi connectivity index (χ0) is 22.1. The van der Waals surface area contributed by atoms with Gasteiger partial charge in [0, 0.05) is 17.6 Å². The molecule has 0 aliphatic carbocycles. The molecular weight excluding hydrogens is 400 g/mol. The lowest BCUT2D eigenvalue weighted by Gasteiger charge is -2.36. The van der Waals surface area contributed by atoms with Crippen molar-refractivity contribution >= 4 is 10.9 Å². The van der Waals surface area contributed by atoms with Crippen LogP contribution >= 0.6 is 0 Å². The SMILES string of the molecule is Cc1ccc2cc([C@H](c3nnnn3Cc3ccccc3)N3CCC[C@@H](C)C3)c(=O)[nH]c2c1. The number of aryl methyl sites for hydroxylation is 1. The molecule has 2 aromatic carbocycles. The van der Waals surface area contributed by atoms with E-state index in [1.54, 1.807) is 0 Å². The molecule has 1 fully saturated rings. The number of nitrogens with one attached hydrogen (secondary N) is 1. The van der Waals surface area contributed by atoms with Crippen LogP contribution in [-0.2, 0) is 6.54 Å². The molecule has 0 bridgehead atoms. The molecule has 1 N–H and O–H groups in total. The number of H-pyrrole nitrogens is 1. The summed E-state index contributed by atoms with van der Waals surface area (Å²) in [6.07, 6.45) is 2.30. The van der Waals surface area contributed by atoms with Crippen molar-refractivity contribution in [1.29, 1.82) is 0 Å². The molecule has 0 spiro atoms. The van der Waals surface area contributed by atoms with Gasteiger partial charge in [-0.05, 0) is 71.3 Å². The van der Waals surface area contributed by atoms with Crippen LogP contribution in [0, 0.1) is 12.8 Å². The zero-order valence-corrected chi connectivity index (χ0v) is 18.5.